The molecule has 0 radical (unpaired) electrons. The van der Waals surface area contributed by atoms with Gasteiger partial charge in [0.25, 0.3) is 10.0 Å². The molecule has 2 aromatic rings. The average molecular weight is 333 g/mol. The fourth-order valence-electron chi connectivity index (χ4n) is 1.69. The van der Waals surface area contributed by atoms with Crippen molar-refractivity contribution in [3.8, 4) is 0 Å². The van der Waals surface area contributed by atoms with Gasteiger partial charge in [-0.25, -0.2) is 14.2 Å². The molecule has 0 saturated carbocycles. The van der Waals surface area contributed by atoms with Crippen LogP contribution in [0.25, 0.3) is 0 Å². The molecule has 1 aromatic carbocycles. The summed E-state index contributed by atoms with van der Waals surface area (Å²) in [5, 5.41) is 0.350. The van der Waals surface area contributed by atoms with E-state index in [1.807, 2.05) is 6.92 Å². The van der Waals surface area contributed by atoms with E-state index in [1.54, 1.807) is 0 Å². The van der Waals surface area contributed by atoms with Gasteiger partial charge in [-0.3, -0.25) is 0 Å². The van der Waals surface area contributed by atoms with Gasteiger partial charge in [-0.2, -0.15) is 8.42 Å². The summed E-state index contributed by atoms with van der Waals surface area (Å²) in [5.74, 6) is -0.994. The Balaban J connectivity index is 2.54. The topological polar surface area (TPSA) is 91.3 Å². The first-order valence-corrected chi connectivity index (χ1v) is 8.04. The first-order chi connectivity index (χ1) is 9.87. The molecular formula is C12H13ClN2O5S. The Hall–Kier alpha value is -1.80. The summed E-state index contributed by atoms with van der Waals surface area (Å²) in [7, 11) is -4.26. The Morgan fingerprint density at radius 2 is 1.81 bits per heavy atom. The quantitative estimate of drug-likeness (QED) is 0.822. The van der Waals surface area contributed by atoms with E-state index >= 15 is 0 Å². The zero-order valence-electron chi connectivity index (χ0n) is 11.2. The van der Waals surface area contributed by atoms with E-state index in [0.29, 0.717) is 11.4 Å². The molecule has 0 spiro atoms. The molecule has 0 fully saturated rings. The first-order valence-electron chi connectivity index (χ1n) is 6.22. The molecule has 0 N–H and O–H groups in total. The van der Waals surface area contributed by atoms with Crippen molar-refractivity contribution < 1.29 is 12.9 Å². The highest BCUT2D eigenvalue weighted by Gasteiger charge is 2.25. The van der Waals surface area contributed by atoms with Crippen molar-refractivity contribution in [1.29, 1.82) is 0 Å². The van der Waals surface area contributed by atoms with Crippen LogP contribution in [0.1, 0.15) is 19.8 Å². The van der Waals surface area contributed by atoms with E-state index in [9.17, 15) is 18.0 Å². The molecule has 0 unspecified atom stereocenters. The van der Waals surface area contributed by atoms with Gasteiger partial charge < -0.3 is 4.52 Å². The smallest absolute Gasteiger partial charge is 0.301 e. The maximum absolute atomic E-state index is 12.3. The maximum Gasteiger partial charge on any atom is 0.443 e. The largest absolute Gasteiger partial charge is 0.443 e. The van der Waals surface area contributed by atoms with Gasteiger partial charge in [0.15, 0.2) is 0 Å². The van der Waals surface area contributed by atoms with Gasteiger partial charge in [0, 0.05) is 11.6 Å². The van der Waals surface area contributed by atoms with Crippen LogP contribution in [0.5, 0.6) is 0 Å². The Kier molecular flexibility index (Phi) is 4.38. The van der Waals surface area contributed by atoms with Gasteiger partial charge >= 0.3 is 11.4 Å². The standard InChI is InChI=1S/C12H13ClN2O5S/c1-2-3-8-14-11(16)15(20-12(14)17)21(18,19)10-6-4-9(13)5-7-10/h4-7H,2-3,8H2,1H3. The van der Waals surface area contributed by atoms with E-state index < -0.39 is 21.5 Å². The lowest BCUT2D eigenvalue weighted by Gasteiger charge is -2.01. The number of nitrogens with zero attached hydrogens (tertiary/aromatic N) is 2. The van der Waals surface area contributed by atoms with Crippen molar-refractivity contribution in [2.45, 2.75) is 31.2 Å². The van der Waals surface area contributed by atoms with Gasteiger partial charge in [-0.05, 0) is 34.8 Å². The second-order valence-corrected chi connectivity index (χ2v) is 6.52. The molecule has 0 aliphatic rings. The van der Waals surface area contributed by atoms with Crippen LogP contribution in [-0.2, 0) is 16.6 Å². The van der Waals surface area contributed by atoms with Crippen LogP contribution in [-0.4, -0.2) is 17.1 Å². The normalized spacial score (nSPS) is 11.7. The highest BCUT2D eigenvalue weighted by atomic mass is 35.5. The predicted octanol–water partition coefficient (Wildman–Crippen LogP) is 1.29. The zero-order valence-corrected chi connectivity index (χ0v) is 12.7. The lowest BCUT2D eigenvalue weighted by molar-refractivity contribution is 0.329. The van der Waals surface area contributed by atoms with Crippen LogP contribution in [0.4, 0.5) is 0 Å². The maximum atomic E-state index is 12.3. The van der Waals surface area contributed by atoms with Crippen molar-refractivity contribution in [2.75, 3.05) is 0 Å². The van der Waals surface area contributed by atoms with Gasteiger partial charge in [-0.15, -0.1) is 0 Å². The first kappa shape index (κ1) is 15.6. The molecule has 0 aliphatic carbocycles. The molecule has 114 valence electrons. The van der Waals surface area contributed by atoms with Crippen LogP contribution in [0, 0.1) is 0 Å². The molecule has 0 atom stereocenters. The number of benzene rings is 1. The van der Waals surface area contributed by atoms with Crippen molar-refractivity contribution in [1.82, 2.24) is 8.71 Å². The molecule has 0 aliphatic heterocycles. The van der Waals surface area contributed by atoms with Gasteiger partial charge in [-0.1, -0.05) is 24.9 Å². The Bertz CT molecular complexity index is 845. The second-order valence-electron chi connectivity index (χ2n) is 4.33. The van der Waals surface area contributed by atoms with E-state index in [-0.39, 0.29) is 15.6 Å². The number of rotatable bonds is 5. The van der Waals surface area contributed by atoms with Crippen molar-refractivity contribution in [3.05, 3.63) is 50.3 Å². The molecule has 2 rings (SSSR count). The number of hydrogen-bond donors (Lipinski definition) is 0. The predicted molar refractivity (Wildman–Crippen MR) is 76.2 cm³/mol. The monoisotopic (exact) mass is 332 g/mol. The van der Waals surface area contributed by atoms with Crippen LogP contribution >= 0.6 is 11.6 Å². The third kappa shape index (κ3) is 2.96. The molecular weight excluding hydrogens is 320 g/mol. The highest BCUT2D eigenvalue weighted by Crippen LogP contribution is 2.15. The minimum Gasteiger partial charge on any atom is -0.301 e. The number of aromatic nitrogens is 2. The average Bonchev–Trinajstić information content (AvgIpc) is 2.73. The van der Waals surface area contributed by atoms with E-state index in [1.165, 1.54) is 24.3 Å². The van der Waals surface area contributed by atoms with Gasteiger partial charge in [0.2, 0.25) is 0 Å². The summed E-state index contributed by atoms with van der Waals surface area (Å²) < 4.78 is 30.0. The van der Waals surface area contributed by atoms with Crippen LogP contribution < -0.4 is 11.4 Å². The Morgan fingerprint density at radius 1 is 1.19 bits per heavy atom. The molecule has 1 heterocycles. The van der Waals surface area contributed by atoms with Crippen LogP contribution in [0.3, 0.4) is 0 Å². The van der Waals surface area contributed by atoms with Gasteiger partial charge in [0.1, 0.15) is 0 Å². The Morgan fingerprint density at radius 3 is 2.38 bits per heavy atom. The fourth-order valence-corrected chi connectivity index (χ4v) is 2.96. The summed E-state index contributed by atoms with van der Waals surface area (Å²) in [4.78, 5) is 23.4. The molecule has 1 aromatic heterocycles. The molecule has 0 bridgehead atoms. The zero-order chi connectivity index (χ0) is 15.6. The Labute approximate surface area is 125 Å². The number of hydrogen-bond acceptors (Lipinski definition) is 5. The van der Waals surface area contributed by atoms with Gasteiger partial charge in [0.05, 0.1) is 4.90 Å². The van der Waals surface area contributed by atoms with E-state index in [2.05, 4.69) is 4.52 Å². The van der Waals surface area contributed by atoms with Crippen molar-refractivity contribution in [3.63, 3.8) is 0 Å². The summed E-state index contributed by atoms with van der Waals surface area (Å²) in [5.41, 5.74) is -1.01. The van der Waals surface area contributed by atoms with E-state index in [4.69, 9.17) is 11.6 Å². The minimum absolute atomic E-state index is 0.105. The minimum atomic E-state index is -4.26. The van der Waals surface area contributed by atoms with Crippen molar-refractivity contribution in [2.24, 2.45) is 0 Å². The molecule has 0 amide bonds. The third-order valence-electron chi connectivity index (χ3n) is 2.83. The fraction of sp³-hybridized carbons (Fsp3) is 0.333. The molecule has 21 heavy (non-hydrogen) atoms. The van der Waals surface area contributed by atoms with Crippen LogP contribution in [0.2, 0.25) is 5.02 Å². The second kappa shape index (κ2) is 5.90. The SMILES string of the molecule is CCCCn1c(=O)on(S(=O)(=O)c2ccc(Cl)cc2)c1=O. The lowest BCUT2D eigenvalue weighted by Crippen LogP contribution is -2.31. The van der Waals surface area contributed by atoms with Crippen LogP contribution in [0.15, 0.2) is 43.3 Å². The summed E-state index contributed by atoms with van der Waals surface area (Å²) in [6.07, 6.45) is 1.32. The number of halogens is 1. The summed E-state index contributed by atoms with van der Waals surface area (Å²) in [6, 6.07) is 5.19. The molecule has 9 heteroatoms. The highest BCUT2D eigenvalue weighted by molar-refractivity contribution is 7.89. The summed E-state index contributed by atoms with van der Waals surface area (Å²) in [6.45, 7) is 1.99. The van der Waals surface area contributed by atoms with E-state index in [0.717, 1.165) is 11.0 Å². The molecule has 0 saturated heterocycles. The number of unbranched alkanes of at least 4 members (excludes halogenated alkanes) is 1. The summed E-state index contributed by atoms with van der Waals surface area (Å²) >= 11 is 5.68. The lowest BCUT2D eigenvalue weighted by atomic mass is 10.3. The third-order valence-corrected chi connectivity index (χ3v) is 4.62. The molecule has 7 nitrogen and oxygen atoms in total. The van der Waals surface area contributed by atoms with Crippen molar-refractivity contribution >= 4 is 21.6 Å².